The van der Waals surface area contributed by atoms with Crippen molar-refractivity contribution in [2.45, 2.75) is 33.3 Å². The highest BCUT2D eigenvalue weighted by molar-refractivity contribution is 6.30. The lowest BCUT2D eigenvalue weighted by Gasteiger charge is -2.23. The van der Waals surface area contributed by atoms with Gasteiger partial charge in [-0.25, -0.2) is 0 Å². The van der Waals surface area contributed by atoms with Gasteiger partial charge in [-0.3, -0.25) is 0 Å². The monoisotopic (exact) mass is 266 g/mol. The normalized spacial score (nSPS) is 12.9. The summed E-state index contributed by atoms with van der Waals surface area (Å²) in [5.41, 5.74) is 1.27. The average molecular weight is 267 g/mol. The number of nitriles is 1. The summed E-state index contributed by atoms with van der Waals surface area (Å²) in [5, 5.41) is 22.5. The van der Waals surface area contributed by atoms with E-state index in [0.29, 0.717) is 29.2 Å². The van der Waals surface area contributed by atoms with E-state index in [1.165, 1.54) is 0 Å². The Kier molecular flexibility index (Phi) is 5.01. The smallest absolute Gasteiger partial charge is 0.101 e. The molecule has 18 heavy (non-hydrogen) atoms. The SMILES string of the molecule is CC(C)(C)CC(O)CNc1cc(Cl)ccc1C#N. The number of hydrogen-bond donors (Lipinski definition) is 2. The quantitative estimate of drug-likeness (QED) is 0.878. The van der Waals surface area contributed by atoms with Gasteiger partial charge < -0.3 is 10.4 Å². The van der Waals surface area contributed by atoms with Crippen molar-refractivity contribution >= 4 is 17.3 Å². The van der Waals surface area contributed by atoms with Crippen molar-refractivity contribution in [3.05, 3.63) is 28.8 Å². The summed E-state index contributed by atoms with van der Waals surface area (Å²) in [6.07, 6.45) is 0.248. The van der Waals surface area contributed by atoms with Crippen molar-refractivity contribution in [1.29, 1.82) is 5.26 Å². The van der Waals surface area contributed by atoms with E-state index < -0.39 is 6.10 Å². The van der Waals surface area contributed by atoms with Gasteiger partial charge in [0.2, 0.25) is 0 Å². The van der Waals surface area contributed by atoms with E-state index in [2.05, 4.69) is 32.2 Å². The van der Waals surface area contributed by atoms with Gasteiger partial charge in [0, 0.05) is 11.6 Å². The minimum absolute atomic E-state index is 0.0769. The van der Waals surface area contributed by atoms with Crippen molar-refractivity contribution in [1.82, 2.24) is 0 Å². The number of rotatable bonds is 4. The molecule has 98 valence electrons. The zero-order valence-corrected chi connectivity index (χ0v) is 11.8. The number of nitrogens with one attached hydrogen (secondary N) is 1. The molecule has 1 rings (SSSR count). The molecule has 2 N–H and O–H groups in total. The summed E-state index contributed by atoms with van der Waals surface area (Å²) < 4.78 is 0. The first-order valence-electron chi connectivity index (χ1n) is 5.93. The number of anilines is 1. The van der Waals surface area contributed by atoms with Crippen molar-refractivity contribution < 1.29 is 5.11 Å². The third-order valence-corrected chi connectivity index (χ3v) is 2.71. The molecule has 4 heteroatoms. The molecule has 1 atom stereocenters. The first kappa shape index (κ1) is 14.8. The van der Waals surface area contributed by atoms with Gasteiger partial charge in [-0.15, -0.1) is 0 Å². The van der Waals surface area contributed by atoms with Crippen molar-refractivity contribution in [3.63, 3.8) is 0 Å². The van der Waals surface area contributed by atoms with Gasteiger partial charge in [-0.05, 0) is 30.0 Å². The molecule has 1 unspecified atom stereocenters. The lowest BCUT2D eigenvalue weighted by molar-refractivity contribution is 0.132. The second kappa shape index (κ2) is 6.08. The number of aliphatic hydroxyl groups is 1. The first-order valence-corrected chi connectivity index (χ1v) is 6.31. The van der Waals surface area contributed by atoms with E-state index in [9.17, 15) is 5.11 Å². The van der Waals surface area contributed by atoms with E-state index in [1.54, 1.807) is 18.2 Å². The fourth-order valence-corrected chi connectivity index (χ4v) is 1.94. The van der Waals surface area contributed by atoms with Crippen LogP contribution in [0.5, 0.6) is 0 Å². The molecule has 0 aliphatic carbocycles. The topological polar surface area (TPSA) is 56.0 Å². The molecular formula is C14H19ClN2O. The number of hydrogen-bond acceptors (Lipinski definition) is 3. The van der Waals surface area contributed by atoms with Crippen LogP contribution >= 0.6 is 11.6 Å². The molecular weight excluding hydrogens is 248 g/mol. The Morgan fingerprint density at radius 2 is 2.11 bits per heavy atom. The van der Waals surface area contributed by atoms with E-state index in [-0.39, 0.29) is 5.41 Å². The highest BCUT2D eigenvalue weighted by Gasteiger charge is 2.16. The molecule has 0 radical (unpaired) electrons. The maximum atomic E-state index is 9.90. The van der Waals surface area contributed by atoms with Crippen LogP contribution < -0.4 is 5.32 Å². The molecule has 0 bridgehead atoms. The fourth-order valence-electron chi connectivity index (χ4n) is 1.77. The molecule has 0 saturated carbocycles. The Balaban J connectivity index is 2.64. The average Bonchev–Trinajstić information content (AvgIpc) is 2.24. The van der Waals surface area contributed by atoms with E-state index in [0.717, 1.165) is 0 Å². The first-order chi connectivity index (χ1) is 8.31. The molecule has 0 saturated heterocycles. The highest BCUT2D eigenvalue weighted by atomic mass is 35.5. The van der Waals surface area contributed by atoms with Crippen LogP contribution in [0.2, 0.25) is 5.02 Å². The molecule has 0 amide bonds. The van der Waals surface area contributed by atoms with Crippen LogP contribution in [-0.2, 0) is 0 Å². The van der Waals surface area contributed by atoms with E-state index in [4.69, 9.17) is 16.9 Å². The van der Waals surface area contributed by atoms with Gasteiger partial charge >= 0.3 is 0 Å². The Bertz CT molecular complexity index is 446. The Morgan fingerprint density at radius 3 is 2.67 bits per heavy atom. The van der Waals surface area contributed by atoms with E-state index >= 15 is 0 Å². The minimum atomic E-state index is -0.449. The Labute approximate surface area is 113 Å². The predicted molar refractivity (Wildman–Crippen MR) is 74.7 cm³/mol. The van der Waals surface area contributed by atoms with Crippen LogP contribution in [0.4, 0.5) is 5.69 Å². The van der Waals surface area contributed by atoms with Crippen LogP contribution in [0.15, 0.2) is 18.2 Å². The summed E-state index contributed by atoms with van der Waals surface area (Å²) in [4.78, 5) is 0. The van der Waals surface area contributed by atoms with Crippen LogP contribution in [0.25, 0.3) is 0 Å². The van der Waals surface area contributed by atoms with Crippen LogP contribution in [0, 0.1) is 16.7 Å². The molecule has 0 aliphatic rings. The molecule has 0 aliphatic heterocycles. The summed E-state index contributed by atoms with van der Waals surface area (Å²) in [6, 6.07) is 7.14. The predicted octanol–water partition coefficient (Wildman–Crippen LogP) is 3.42. The van der Waals surface area contributed by atoms with E-state index in [1.807, 2.05) is 0 Å². The maximum Gasteiger partial charge on any atom is 0.101 e. The third-order valence-electron chi connectivity index (χ3n) is 2.48. The Morgan fingerprint density at radius 1 is 1.44 bits per heavy atom. The maximum absolute atomic E-state index is 9.90. The largest absolute Gasteiger partial charge is 0.391 e. The third kappa shape index (κ3) is 4.95. The van der Waals surface area contributed by atoms with Gasteiger partial charge in [0.1, 0.15) is 6.07 Å². The second-order valence-electron chi connectivity index (χ2n) is 5.60. The zero-order valence-electron chi connectivity index (χ0n) is 11.0. The number of benzene rings is 1. The van der Waals surface area contributed by atoms with Gasteiger partial charge in [-0.2, -0.15) is 5.26 Å². The lowest BCUT2D eigenvalue weighted by atomic mass is 9.89. The summed E-state index contributed by atoms with van der Waals surface area (Å²) in [6.45, 7) is 6.65. The number of aliphatic hydroxyl groups excluding tert-OH is 1. The zero-order chi connectivity index (χ0) is 13.8. The standard InChI is InChI=1S/C14H19ClN2O/c1-14(2,3)7-12(18)9-17-13-6-11(15)5-4-10(13)8-16/h4-6,12,17-18H,7,9H2,1-3H3. The van der Waals surface area contributed by atoms with Gasteiger partial charge in [-0.1, -0.05) is 32.4 Å². The van der Waals surface area contributed by atoms with Gasteiger partial charge in [0.25, 0.3) is 0 Å². The Hall–Kier alpha value is -1.24. The molecule has 0 fully saturated rings. The molecule has 1 aromatic rings. The van der Waals surface area contributed by atoms with Gasteiger partial charge in [0.05, 0.1) is 17.4 Å². The van der Waals surface area contributed by atoms with Crippen molar-refractivity contribution in [3.8, 4) is 6.07 Å². The lowest BCUT2D eigenvalue weighted by Crippen LogP contribution is -2.25. The molecule has 0 heterocycles. The molecule has 1 aromatic carbocycles. The number of nitrogens with zero attached hydrogens (tertiary/aromatic N) is 1. The summed E-state index contributed by atoms with van der Waals surface area (Å²) >= 11 is 5.88. The van der Waals surface area contributed by atoms with Crippen LogP contribution in [0.1, 0.15) is 32.8 Å². The second-order valence-corrected chi connectivity index (χ2v) is 6.04. The molecule has 3 nitrogen and oxygen atoms in total. The highest BCUT2D eigenvalue weighted by Crippen LogP contribution is 2.23. The van der Waals surface area contributed by atoms with Crippen molar-refractivity contribution in [2.75, 3.05) is 11.9 Å². The van der Waals surface area contributed by atoms with Crippen LogP contribution in [-0.4, -0.2) is 17.8 Å². The van der Waals surface area contributed by atoms with Gasteiger partial charge in [0.15, 0.2) is 0 Å². The van der Waals surface area contributed by atoms with Crippen LogP contribution in [0.3, 0.4) is 0 Å². The minimum Gasteiger partial charge on any atom is -0.391 e. The fraction of sp³-hybridized carbons (Fsp3) is 0.500. The molecule has 0 spiro atoms. The van der Waals surface area contributed by atoms with Crippen molar-refractivity contribution in [2.24, 2.45) is 5.41 Å². The number of halogens is 1. The summed E-state index contributed by atoms with van der Waals surface area (Å²) in [5.74, 6) is 0. The summed E-state index contributed by atoms with van der Waals surface area (Å²) in [7, 11) is 0. The molecule has 0 aromatic heterocycles.